The van der Waals surface area contributed by atoms with Gasteiger partial charge < -0.3 is 24.3 Å². The topological polar surface area (TPSA) is 98.0 Å². The van der Waals surface area contributed by atoms with Gasteiger partial charge in [-0.2, -0.15) is 0 Å². The van der Waals surface area contributed by atoms with E-state index in [9.17, 15) is 9.59 Å². The Bertz CT molecular complexity index is 518. The van der Waals surface area contributed by atoms with Crippen molar-refractivity contribution in [1.29, 1.82) is 0 Å². The Kier molecular flexibility index (Phi) is 5.97. The van der Waals surface area contributed by atoms with Crippen LogP contribution in [0.1, 0.15) is 41.1 Å². The number of hydrogen-bond donors (Lipinski definition) is 2. The molecule has 0 bridgehead atoms. The number of carbonyl (C=O) groups excluding carboxylic acids is 1. The predicted molar refractivity (Wildman–Crippen MR) is 76.7 cm³/mol. The summed E-state index contributed by atoms with van der Waals surface area (Å²) in [7, 11) is 0. The third kappa shape index (κ3) is 4.85. The zero-order valence-electron chi connectivity index (χ0n) is 12.6. The van der Waals surface area contributed by atoms with Crippen molar-refractivity contribution >= 4 is 11.9 Å². The monoisotopic (exact) mass is 311 g/mol. The number of hydrogen-bond acceptors (Lipinski definition) is 5. The van der Waals surface area contributed by atoms with Gasteiger partial charge in [-0.15, -0.1) is 0 Å². The second-order valence-corrected chi connectivity index (χ2v) is 5.22. The Morgan fingerprint density at radius 2 is 2.32 bits per heavy atom. The zero-order chi connectivity index (χ0) is 15.9. The van der Waals surface area contributed by atoms with Gasteiger partial charge in [-0.3, -0.25) is 4.79 Å². The van der Waals surface area contributed by atoms with Crippen molar-refractivity contribution in [3.63, 3.8) is 0 Å². The summed E-state index contributed by atoms with van der Waals surface area (Å²) in [5.74, 6) is -0.459. The minimum absolute atomic E-state index is 0.115. The molecule has 2 rings (SSSR count). The number of rotatable bonds is 8. The van der Waals surface area contributed by atoms with Gasteiger partial charge in [-0.05, 0) is 25.8 Å². The molecule has 1 aliphatic heterocycles. The summed E-state index contributed by atoms with van der Waals surface area (Å²) < 4.78 is 16.1. The number of carbonyl (C=O) groups is 2. The number of aryl methyl sites for hydroxylation is 1. The van der Waals surface area contributed by atoms with Crippen LogP contribution in [0.5, 0.6) is 0 Å². The SMILES string of the molecule is Cc1oc(CNC(=O)CCOC[C@H]2CCCO2)cc1C(=O)O. The maximum absolute atomic E-state index is 11.7. The molecule has 1 aromatic rings. The van der Waals surface area contributed by atoms with Crippen molar-refractivity contribution in [1.82, 2.24) is 5.32 Å². The summed E-state index contributed by atoms with van der Waals surface area (Å²) in [6, 6.07) is 1.42. The van der Waals surface area contributed by atoms with Gasteiger partial charge in [0.05, 0.1) is 25.9 Å². The maximum Gasteiger partial charge on any atom is 0.339 e. The molecule has 0 saturated carbocycles. The molecule has 0 unspecified atom stereocenters. The van der Waals surface area contributed by atoms with Crippen LogP contribution in [-0.4, -0.2) is 42.9 Å². The van der Waals surface area contributed by atoms with Crippen LogP contribution in [0.2, 0.25) is 0 Å². The van der Waals surface area contributed by atoms with Crippen LogP contribution in [0, 0.1) is 6.92 Å². The van der Waals surface area contributed by atoms with Gasteiger partial charge in [0.25, 0.3) is 0 Å². The summed E-state index contributed by atoms with van der Waals surface area (Å²) in [6.07, 6.45) is 2.48. The lowest BCUT2D eigenvalue weighted by Gasteiger charge is -2.09. The van der Waals surface area contributed by atoms with E-state index in [0.717, 1.165) is 19.4 Å². The highest BCUT2D eigenvalue weighted by Crippen LogP contribution is 2.14. The summed E-state index contributed by atoms with van der Waals surface area (Å²) >= 11 is 0. The van der Waals surface area contributed by atoms with Gasteiger partial charge in [0.15, 0.2) is 0 Å². The van der Waals surface area contributed by atoms with Crippen LogP contribution in [0.15, 0.2) is 10.5 Å². The molecule has 0 aliphatic carbocycles. The number of ether oxygens (including phenoxy) is 2. The summed E-state index contributed by atoms with van der Waals surface area (Å²) in [5, 5.41) is 11.6. The molecule has 0 radical (unpaired) electrons. The molecule has 1 aromatic heterocycles. The molecule has 22 heavy (non-hydrogen) atoms. The molecule has 1 saturated heterocycles. The number of furan rings is 1. The molecule has 0 spiro atoms. The molecule has 2 heterocycles. The highest BCUT2D eigenvalue weighted by molar-refractivity contribution is 5.88. The van der Waals surface area contributed by atoms with Gasteiger partial charge in [-0.1, -0.05) is 0 Å². The Morgan fingerprint density at radius 1 is 1.50 bits per heavy atom. The number of amides is 1. The lowest BCUT2D eigenvalue weighted by molar-refractivity contribution is -0.122. The molecule has 7 heteroatoms. The Hall–Kier alpha value is -1.86. The van der Waals surface area contributed by atoms with Crippen LogP contribution >= 0.6 is 0 Å². The standard InChI is InChI=1S/C15H21NO6/c1-10-13(15(18)19)7-12(22-10)8-16-14(17)4-6-20-9-11-3-2-5-21-11/h7,11H,2-6,8-9H2,1H3,(H,16,17)(H,18,19)/t11-/m1/s1. The normalized spacial score (nSPS) is 17.6. The van der Waals surface area contributed by atoms with Crippen LogP contribution in [-0.2, 0) is 20.8 Å². The first-order chi connectivity index (χ1) is 10.6. The summed E-state index contributed by atoms with van der Waals surface area (Å²) in [5.41, 5.74) is 0.115. The number of nitrogens with one attached hydrogen (secondary N) is 1. The fourth-order valence-electron chi connectivity index (χ4n) is 2.27. The molecule has 0 aromatic carbocycles. The van der Waals surface area contributed by atoms with Gasteiger partial charge in [0.2, 0.25) is 5.91 Å². The van der Waals surface area contributed by atoms with Crippen molar-refractivity contribution in [3.05, 3.63) is 23.2 Å². The van der Waals surface area contributed by atoms with Gasteiger partial charge in [0, 0.05) is 13.0 Å². The fraction of sp³-hybridized carbons (Fsp3) is 0.600. The third-order valence-electron chi connectivity index (χ3n) is 3.46. The summed E-state index contributed by atoms with van der Waals surface area (Å²) in [6.45, 7) is 3.39. The second-order valence-electron chi connectivity index (χ2n) is 5.22. The van der Waals surface area contributed by atoms with Crippen molar-refractivity contribution in [2.45, 2.75) is 38.8 Å². The van der Waals surface area contributed by atoms with E-state index in [0.29, 0.717) is 24.7 Å². The predicted octanol–water partition coefficient (Wildman–Crippen LogP) is 1.49. The van der Waals surface area contributed by atoms with E-state index in [1.807, 2.05) is 0 Å². The van der Waals surface area contributed by atoms with E-state index >= 15 is 0 Å². The fourth-order valence-corrected chi connectivity index (χ4v) is 2.27. The molecule has 1 amide bonds. The summed E-state index contributed by atoms with van der Waals surface area (Å²) in [4.78, 5) is 22.5. The average Bonchev–Trinajstić information content (AvgIpc) is 3.10. The highest BCUT2D eigenvalue weighted by Gasteiger charge is 2.16. The van der Waals surface area contributed by atoms with Crippen LogP contribution in [0.3, 0.4) is 0 Å². The minimum Gasteiger partial charge on any atom is -0.478 e. The number of carboxylic acid groups (broad SMARTS) is 1. The van der Waals surface area contributed by atoms with E-state index in [2.05, 4.69) is 5.32 Å². The molecule has 122 valence electrons. The Balaban J connectivity index is 1.62. The van der Waals surface area contributed by atoms with E-state index < -0.39 is 5.97 Å². The van der Waals surface area contributed by atoms with E-state index in [1.54, 1.807) is 6.92 Å². The first kappa shape index (κ1) is 16.5. The Labute approximate surface area is 128 Å². The van der Waals surface area contributed by atoms with Crippen molar-refractivity contribution in [2.24, 2.45) is 0 Å². The zero-order valence-corrected chi connectivity index (χ0v) is 12.6. The molecular formula is C15H21NO6. The van der Waals surface area contributed by atoms with Gasteiger partial charge >= 0.3 is 5.97 Å². The van der Waals surface area contributed by atoms with Gasteiger partial charge in [0.1, 0.15) is 17.1 Å². The van der Waals surface area contributed by atoms with Crippen molar-refractivity contribution in [2.75, 3.05) is 19.8 Å². The molecule has 2 N–H and O–H groups in total. The molecule has 1 atom stereocenters. The number of aromatic carboxylic acids is 1. The van der Waals surface area contributed by atoms with Crippen LogP contribution in [0.25, 0.3) is 0 Å². The van der Waals surface area contributed by atoms with Crippen molar-refractivity contribution in [3.8, 4) is 0 Å². The lowest BCUT2D eigenvalue weighted by atomic mass is 10.2. The smallest absolute Gasteiger partial charge is 0.339 e. The molecule has 1 aliphatic rings. The highest BCUT2D eigenvalue weighted by atomic mass is 16.5. The third-order valence-corrected chi connectivity index (χ3v) is 3.46. The maximum atomic E-state index is 11.7. The van der Waals surface area contributed by atoms with E-state index in [-0.39, 0.29) is 30.5 Å². The van der Waals surface area contributed by atoms with E-state index in [1.165, 1.54) is 6.07 Å². The van der Waals surface area contributed by atoms with Crippen LogP contribution in [0.4, 0.5) is 0 Å². The van der Waals surface area contributed by atoms with Crippen molar-refractivity contribution < 1.29 is 28.6 Å². The quantitative estimate of drug-likeness (QED) is 0.706. The van der Waals surface area contributed by atoms with Crippen LogP contribution < -0.4 is 5.32 Å². The molecular weight excluding hydrogens is 290 g/mol. The van der Waals surface area contributed by atoms with Gasteiger partial charge in [-0.25, -0.2) is 4.79 Å². The number of carboxylic acids is 1. The second kappa shape index (κ2) is 7.95. The average molecular weight is 311 g/mol. The van der Waals surface area contributed by atoms with E-state index in [4.69, 9.17) is 19.0 Å². The largest absolute Gasteiger partial charge is 0.478 e. The molecule has 1 fully saturated rings. The first-order valence-corrected chi connectivity index (χ1v) is 7.35. The first-order valence-electron chi connectivity index (χ1n) is 7.35. The lowest BCUT2D eigenvalue weighted by Crippen LogP contribution is -2.24. The molecule has 7 nitrogen and oxygen atoms in total. The minimum atomic E-state index is -1.04. The Morgan fingerprint density at radius 3 is 2.95 bits per heavy atom.